The van der Waals surface area contributed by atoms with Gasteiger partial charge in [-0.3, -0.25) is 9.69 Å². The molecule has 2 rings (SSSR count). The quantitative estimate of drug-likeness (QED) is 0.803. The van der Waals surface area contributed by atoms with Crippen molar-refractivity contribution < 1.29 is 19.2 Å². The van der Waals surface area contributed by atoms with Gasteiger partial charge in [-0.25, -0.2) is 0 Å². The number of hydrogen-bond acceptors (Lipinski definition) is 7. The average Bonchev–Trinajstić information content (AvgIpc) is 2.85. The van der Waals surface area contributed by atoms with Crippen LogP contribution in [-0.2, 0) is 9.53 Å². The van der Waals surface area contributed by atoms with Crippen molar-refractivity contribution in [2.45, 2.75) is 31.2 Å². The highest BCUT2D eigenvalue weighted by molar-refractivity contribution is 7.99. The van der Waals surface area contributed by atoms with Crippen molar-refractivity contribution in [2.75, 3.05) is 25.4 Å². The second-order valence-electron chi connectivity index (χ2n) is 4.55. The number of thioether (sulfide) groups is 1. The zero-order valence-corrected chi connectivity index (χ0v) is 11.7. The normalized spacial score (nSPS) is 20.9. The molecule has 7 nitrogen and oxygen atoms in total. The Balaban J connectivity index is 1.95. The van der Waals surface area contributed by atoms with Crippen LogP contribution in [0.1, 0.15) is 25.8 Å². The van der Waals surface area contributed by atoms with Crippen molar-refractivity contribution in [1.29, 1.82) is 0 Å². The number of nitrogens with zero attached hydrogens (tertiary/aromatic N) is 3. The lowest BCUT2D eigenvalue weighted by Gasteiger charge is -2.34. The fourth-order valence-corrected chi connectivity index (χ4v) is 2.32. The first-order valence-corrected chi connectivity index (χ1v) is 7.08. The third-order valence-electron chi connectivity index (χ3n) is 2.86. The summed E-state index contributed by atoms with van der Waals surface area (Å²) >= 11 is 1.01. The van der Waals surface area contributed by atoms with Crippen LogP contribution in [0.2, 0.25) is 0 Å². The number of aliphatic carboxylic acids is 1. The second-order valence-corrected chi connectivity index (χ2v) is 5.48. The molecule has 0 bridgehead atoms. The minimum atomic E-state index is -0.912. The predicted molar refractivity (Wildman–Crippen MR) is 68.1 cm³/mol. The molecule has 8 heteroatoms. The first-order chi connectivity index (χ1) is 9.06. The third-order valence-corrected chi connectivity index (χ3v) is 3.66. The van der Waals surface area contributed by atoms with E-state index in [4.69, 9.17) is 14.4 Å². The monoisotopic (exact) mass is 287 g/mol. The SMILES string of the molecule is CC(C)N1CCOC(c2noc(SCC(=O)O)n2)C1. The summed E-state index contributed by atoms with van der Waals surface area (Å²) in [6, 6.07) is 0.444. The maximum absolute atomic E-state index is 10.5. The van der Waals surface area contributed by atoms with Gasteiger partial charge in [0.2, 0.25) is 5.82 Å². The Morgan fingerprint density at radius 1 is 1.63 bits per heavy atom. The Morgan fingerprint density at radius 3 is 3.11 bits per heavy atom. The molecule has 106 valence electrons. The van der Waals surface area contributed by atoms with E-state index in [2.05, 4.69) is 28.9 Å². The van der Waals surface area contributed by atoms with E-state index in [-0.39, 0.29) is 17.1 Å². The highest BCUT2D eigenvalue weighted by Crippen LogP contribution is 2.23. The molecule has 1 saturated heterocycles. The van der Waals surface area contributed by atoms with Gasteiger partial charge >= 0.3 is 5.97 Å². The molecule has 0 amide bonds. The van der Waals surface area contributed by atoms with E-state index in [0.29, 0.717) is 18.5 Å². The van der Waals surface area contributed by atoms with Crippen molar-refractivity contribution in [1.82, 2.24) is 15.0 Å². The highest BCUT2D eigenvalue weighted by atomic mass is 32.2. The Labute approximate surface area is 115 Å². The standard InChI is InChI=1S/C11H17N3O4S/c1-7(2)14-3-4-17-8(5-14)10-12-11(18-13-10)19-6-9(15)16/h7-8H,3-6H2,1-2H3,(H,15,16). The molecule has 1 aromatic heterocycles. The Kier molecular flexibility index (Phi) is 4.78. The number of ether oxygens (including phenoxy) is 1. The summed E-state index contributed by atoms with van der Waals surface area (Å²) < 4.78 is 10.6. The molecule has 1 aliphatic rings. The molecule has 2 heterocycles. The molecule has 1 aliphatic heterocycles. The van der Waals surface area contributed by atoms with Crippen molar-refractivity contribution in [3.8, 4) is 0 Å². The molecule has 0 aromatic carbocycles. The largest absolute Gasteiger partial charge is 0.481 e. The van der Waals surface area contributed by atoms with Gasteiger partial charge in [-0.15, -0.1) is 0 Å². The van der Waals surface area contributed by atoms with Gasteiger partial charge in [-0.05, 0) is 13.8 Å². The summed E-state index contributed by atoms with van der Waals surface area (Å²) in [5, 5.41) is 12.7. The van der Waals surface area contributed by atoms with Crippen LogP contribution >= 0.6 is 11.8 Å². The van der Waals surface area contributed by atoms with Crippen LogP contribution < -0.4 is 0 Å². The average molecular weight is 287 g/mol. The summed E-state index contributed by atoms with van der Waals surface area (Å²) in [5.41, 5.74) is 0. The number of carbonyl (C=O) groups is 1. The molecule has 1 fully saturated rings. The summed E-state index contributed by atoms with van der Waals surface area (Å²) in [6.07, 6.45) is -0.209. The number of aromatic nitrogens is 2. The minimum Gasteiger partial charge on any atom is -0.481 e. The zero-order valence-electron chi connectivity index (χ0n) is 10.9. The van der Waals surface area contributed by atoms with Crippen molar-refractivity contribution in [3.05, 3.63) is 5.82 Å². The van der Waals surface area contributed by atoms with Crippen LogP contribution in [0.15, 0.2) is 9.75 Å². The molecular formula is C11H17N3O4S. The first kappa shape index (κ1) is 14.3. The number of hydrogen-bond donors (Lipinski definition) is 1. The predicted octanol–water partition coefficient (Wildman–Crippen LogP) is 1.03. The van der Waals surface area contributed by atoms with Crippen LogP contribution in [0.25, 0.3) is 0 Å². The van der Waals surface area contributed by atoms with E-state index >= 15 is 0 Å². The van der Waals surface area contributed by atoms with E-state index < -0.39 is 5.97 Å². The van der Waals surface area contributed by atoms with Crippen molar-refractivity contribution in [3.63, 3.8) is 0 Å². The van der Waals surface area contributed by atoms with Gasteiger partial charge < -0.3 is 14.4 Å². The molecule has 0 spiro atoms. The van der Waals surface area contributed by atoms with Gasteiger partial charge in [0.05, 0.1) is 6.61 Å². The molecule has 1 aromatic rings. The summed E-state index contributed by atoms with van der Waals surface area (Å²) in [4.78, 5) is 16.9. The topological polar surface area (TPSA) is 88.7 Å². The molecule has 0 saturated carbocycles. The van der Waals surface area contributed by atoms with E-state index in [0.717, 1.165) is 24.9 Å². The van der Waals surface area contributed by atoms with Crippen molar-refractivity contribution >= 4 is 17.7 Å². The van der Waals surface area contributed by atoms with Gasteiger partial charge in [0.15, 0.2) is 0 Å². The number of morpholine rings is 1. The smallest absolute Gasteiger partial charge is 0.314 e. The molecule has 1 N–H and O–H groups in total. The lowest BCUT2D eigenvalue weighted by atomic mass is 10.2. The molecule has 19 heavy (non-hydrogen) atoms. The highest BCUT2D eigenvalue weighted by Gasteiger charge is 2.27. The number of carboxylic acids is 1. The van der Waals surface area contributed by atoms with Crippen molar-refractivity contribution in [2.24, 2.45) is 0 Å². The van der Waals surface area contributed by atoms with E-state index in [9.17, 15) is 4.79 Å². The lowest BCUT2D eigenvalue weighted by Crippen LogP contribution is -2.42. The fraction of sp³-hybridized carbons (Fsp3) is 0.727. The molecule has 1 atom stereocenters. The molecule has 0 aliphatic carbocycles. The fourth-order valence-electron chi connectivity index (χ4n) is 1.83. The Morgan fingerprint density at radius 2 is 2.42 bits per heavy atom. The van der Waals surface area contributed by atoms with E-state index in [1.807, 2.05) is 0 Å². The lowest BCUT2D eigenvalue weighted by molar-refractivity contribution is -0.133. The van der Waals surface area contributed by atoms with Crippen LogP contribution in [-0.4, -0.2) is 57.6 Å². The maximum Gasteiger partial charge on any atom is 0.314 e. The number of rotatable bonds is 5. The molecule has 0 radical (unpaired) electrons. The third kappa shape index (κ3) is 3.92. The van der Waals surface area contributed by atoms with Gasteiger partial charge in [0.25, 0.3) is 5.22 Å². The molecule has 1 unspecified atom stereocenters. The van der Waals surface area contributed by atoms with Crippen LogP contribution in [0.3, 0.4) is 0 Å². The van der Waals surface area contributed by atoms with E-state index in [1.54, 1.807) is 0 Å². The van der Waals surface area contributed by atoms with Crippen LogP contribution in [0.4, 0.5) is 0 Å². The maximum atomic E-state index is 10.5. The summed E-state index contributed by atoms with van der Waals surface area (Å²) in [7, 11) is 0. The Hall–Kier alpha value is -1.12. The second kappa shape index (κ2) is 6.36. The molecular weight excluding hydrogens is 270 g/mol. The van der Waals surface area contributed by atoms with Gasteiger partial charge in [0, 0.05) is 19.1 Å². The van der Waals surface area contributed by atoms with Gasteiger partial charge in [-0.1, -0.05) is 16.9 Å². The zero-order chi connectivity index (χ0) is 13.8. The minimum absolute atomic E-state index is 0.0920. The van der Waals surface area contributed by atoms with Gasteiger partial charge in [-0.2, -0.15) is 4.98 Å². The van der Waals surface area contributed by atoms with Crippen LogP contribution in [0.5, 0.6) is 0 Å². The summed E-state index contributed by atoms with van der Waals surface area (Å²) in [6.45, 7) is 6.52. The number of carboxylic acid groups (broad SMARTS) is 1. The summed E-state index contributed by atoms with van der Waals surface area (Å²) in [5.74, 6) is -0.520. The Bertz CT molecular complexity index is 437. The van der Waals surface area contributed by atoms with E-state index in [1.165, 1.54) is 0 Å². The van der Waals surface area contributed by atoms with Gasteiger partial charge in [0.1, 0.15) is 11.9 Å². The first-order valence-electron chi connectivity index (χ1n) is 6.10. The van der Waals surface area contributed by atoms with Crippen LogP contribution in [0, 0.1) is 0 Å².